The number of amides is 1. The molecular weight excluding hydrogens is 370 g/mol. The van der Waals surface area contributed by atoms with Crippen LogP contribution in [0.25, 0.3) is 0 Å². The number of nitrogens with zero attached hydrogens (tertiary/aromatic N) is 2. The molecule has 7 heteroatoms. The van der Waals surface area contributed by atoms with E-state index in [4.69, 9.17) is 16.3 Å². The fourth-order valence-electron chi connectivity index (χ4n) is 2.99. The van der Waals surface area contributed by atoms with E-state index in [9.17, 15) is 10.1 Å². The lowest BCUT2D eigenvalue weighted by Gasteiger charge is -2.24. The highest BCUT2D eigenvalue weighted by molar-refractivity contribution is 7.09. The molecule has 1 aliphatic heterocycles. The molecule has 2 aromatic rings. The third kappa shape index (κ3) is 5.29. The summed E-state index contributed by atoms with van der Waals surface area (Å²) in [5.74, 6) is -0.168. The molecule has 0 radical (unpaired) electrons. The molecule has 136 valence electrons. The molecule has 3 rings (SSSR count). The molecule has 5 nitrogen and oxygen atoms in total. The number of carbonyl (C=O) groups excluding carboxylic acids is 1. The summed E-state index contributed by atoms with van der Waals surface area (Å²) in [5, 5.41) is 14.5. The van der Waals surface area contributed by atoms with Gasteiger partial charge in [-0.25, -0.2) is 0 Å². The molecule has 0 saturated carbocycles. The van der Waals surface area contributed by atoms with E-state index in [1.807, 2.05) is 11.4 Å². The molecule has 1 amide bonds. The summed E-state index contributed by atoms with van der Waals surface area (Å²) in [7, 11) is 0. The Labute approximate surface area is 162 Å². The van der Waals surface area contributed by atoms with Crippen LogP contribution in [0.5, 0.6) is 0 Å². The van der Waals surface area contributed by atoms with Gasteiger partial charge >= 0.3 is 0 Å². The van der Waals surface area contributed by atoms with Gasteiger partial charge in [-0.05, 0) is 42.5 Å². The van der Waals surface area contributed by atoms with E-state index >= 15 is 0 Å². The number of anilines is 1. The standard InChI is InChI=1S/C19H20ClN3O2S/c20-15-6-5-14(10-21)18(9-15)22-19(24)13-23(11-16-3-1-7-25-16)12-17-4-2-8-26-17/h2,4-6,8-9,16H,1,3,7,11-13H2,(H,22,24)/t16-/m1/s1. The van der Waals surface area contributed by atoms with Gasteiger partial charge in [-0.1, -0.05) is 17.7 Å². The van der Waals surface area contributed by atoms with Crippen LogP contribution in [0.1, 0.15) is 23.3 Å². The minimum atomic E-state index is -0.168. The number of hydrogen-bond donors (Lipinski definition) is 1. The zero-order valence-electron chi connectivity index (χ0n) is 14.3. The first-order valence-corrected chi connectivity index (χ1v) is 9.75. The van der Waals surface area contributed by atoms with Gasteiger partial charge in [0.2, 0.25) is 5.91 Å². The molecule has 1 saturated heterocycles. The molecule has 0 bridgehead atoms. The summed E-state index contributed by atoms with van der Waals surface area (Å²) in [4.78, 5) is 15.9. The minimum absolute atomic E-state index is 0.168. The van der Waals surface area contributed by atoms with Crippen molar-refractivity contribution in [2.24, 2.45) is 0 Å². The molecule has 0 spiro atoms. The molecule has 1 aliphatic rings. The molecule has 2 heterocycles. The first-order chi connectivity index (χ1) is 12.6. The number of thiophene rings is 1. The molecule has 1 N–H and O–H groups in total. The monoisotopic (exact) mass is 389 g/mol. The molecule has 1 aromatic carbocycles. The number of ether oxygens (including phenoxy) is 1. The van der Waals surface area contributed by atoms with Crippen molar-refractivity contribution in [3.8, 4) is 6.07 Å². The summed E-state index contributed by atoms with van der Waals surface area (Å²) >= 11 is 7.66. The highest BCUT2D eigenvalue weighted by Gasteiger charge is 2.21. The van der Waals surface area contributed by atoms with Crippen LogP contribution >= 0.6 is 22.9 Å². The van der Waals surface area contributed by atoms with Gasteiger partial charge in [0.1, 0.15) is 6.07 Å². The van der Waals surface area contributed by atoms with Crippen molar-refractivity contribution >= 4 is 34.5 Å². The zero-order valence-corrected chi connectivity index (χ0v) is 15.9. The normalized spacial score (nSPS) is 16.6. The number of carbonyl (C=O) groups is 1. The summed E-state index contributed by atoms with van der Waals surface area (Å²) in [5.41, 5.74) is 0.838. The number of rotatable bonds is 7. The first-order valence-electron chi connectivity index (χ1n) is 8.50. The SMILES string of the molecule is N#Cc1ccc(Cl)cc1NC(=O)CN(Cc1cccs1)C[C@H]1CCCO1. The smallest absolute Gasteiger partial charge is 0.238 e. The van der Waals surface area contributed by atoms with Gasteiger partial charge in [-0.2, -0.15) is 5.26 Å². The van der Waals surface area contributed by atoms with Crippen molar-refractivity contribution in [1.82, 2.24) is 4.90 Å². The lowest BCUT2D eigenvalue weighted by Crippen LogP contribution is -2.37. The van der Waals surface area contributed by atoms with E-state index in [0.717, 1.165) is 19.4 Å². The van der Waals surface area contributed by atoms with Gasteiger partial charge in [0.05, 0.1) is 23.9 Å². The Morgan fingerprint density at radius 2 is 2.35 bits per heavy atom. The van der Waals surface area contributed by atoms with Crippen molar-refractivity contribution in [2.45, 2.75) is 25.5 Å². The molecule has 1 aromatic heterocycles. The van der Waals surface area contributed by atoms with Crippen LogP contribution in [0.4, 0.5) is 5.69 Å². The Morgan fingerprint density at radius 3 is 3.04 bits per heavy atom. The Kier molecular flexibility index (Phi) is 6.64. The summed E-state index contributed by atoms with van der Waals surface area (Å²) in [6.07, 6.45) is 2.26. The van der Waals surface area contributed by atoms with E-state index in [1.165, 1.54) is 4.88 Å². The molecule has 1 atom stereocenters. The fourth-order valence-corrected chi connectivity index (χ4v) is 3.91. The number of halogens is 1. The van der Waals surface area contributed by atoms with Crippen molar-refractivity contribution in [3.05, 3.63) is 51.2 Å². The number of benzene rings is 1. The molecule has 26 heavy (non-hydrogen) atoms. The summed E-state index contributed by atoms with van der Waals surface area (Å²) < 4.78 is 5.72. The highest BCUT2D eigenvalue weighted by atomic mass is 35.5. The van der Waals surface area contributed by atoms with Gasteiger partial charge in [-0.3, -0.25) is 9.69 Å². The number of hydrogen-bond acceptors (Lipinski definition) is 5. The predicted molar refractivity (Wildman–Crippen MR) is 103 cm³/mol. The predicted octanol–water partition coefficient (Wildman–Crippen LogP) is 3.89. The van der Waals surface area contributed by atoms with Gasteiger partial charge < -0.3 is 10.1 Å². The molecule has 1 fully saturated rings. The van der Waals surface area contributed by atoms with Crippen LogP contribution in [0.15, 0.2) is 35.7 Å². The second-order valence-electron chi connectivity index (χ2n) is 6.23. The quantitative estimate of drug-likeness (QED) is 0.780. The van der Waals surface area contributed by atoms with Gasteiger partial charge in [0, 0.05) is 29.6 Å². The van der Waals surface area contributed by atoms with Gasteiger partial charge in [0.25, 0.3) is 0 Å². The Morgan fingerprint density at radius 1 is 1.46 bits per heavy atom. The van der Waals surface area contributed by atoms with Crippen molar-refractivity contribution in [2.75, 3.05) is 25.0 Å². The Bertz CT molecular complexity index is 783. The number of nitriles is 1. The topological polar surface area (TPSA) is 65.4 Å². The van der Waals surface area contributed by atoms with Crippen LogP contribution in [0.3, 0.4) is 0 Å². The van der Waals surface area contributed by atoms with Crippen LogP contribution in [-0.2, 0) is 16.1 Å². The average molecular weight is 390 g/mol. The number of nitrogens with one attached hydrogen (secondary N) is 1. The van der Waals surface area contributed by atoms with Crippen molar-refractivity contribution in [1.29, 1.82) is 5.26 Å². The van der Waals surface area contributed by atoms with Crippen LogP contribution in [0, 0.1) is 11.3 Å². The molecule has 0 aliphatic carbocycles. The third-order valence-electron chi connectivity index (χ3n) is 4.19. The first kappa shape index (κ1) is 18.9. The lowest BCUT2D eigenvalue weighted by molar-refractivity contribution is -0.117. The van der Waals surface area contributed by atoms with Crippen molar-refractivity contribution in [3.63, 3.8) is 0 Å². The maximum Gasteiger partial charge on any atom is 0.238 e. The van der Waals surface area contributed by atoms with E-state index in [1.54, 1.807) is 29.5 Å². The summed E-state index contributed by atoms with van der Waals surface area (Å²) in [6, 6.07) is 11.0. The molecule has 0 unspecified atom stereocenters. The average Bonchev–Trinajstić information content (AvgIpc) is 3.29. The van der Waals surface area contributed by atoms with E-state index in [0.29, 0.717) is 29.4 Å². The van der Waals surface area contributed by atoms with E-state index < -0.39 is 0 Å². The van der Waals surface area contributed by atoms with Crippen molar-refractivity contribution < 1.29 is 9.53 Å². The van der Waals surface area contributed by atoms with Crippen LogP contribution < -0.4 is 5.32 Å². The highest BCUT2D eigenvalue weighted by Crippen LogP contribution is 2.21. The second-order valence-corrected chi connectivity index (χ2v) is 7.70. The minimum Gasteiger partial charge on any atom is -0.377 e. The zero-order chi connectivity index (χ0) is 18.4. The van der Waals surface area contributed by atoms with E-state index in [-0.39, 0.29) is 18.6 Å². The second kappa shape index (κ2) is 9.15. The largest absolute Gasteiger partial charge is 0.377 e. The maximum atomic E-state index is 12.6. The lowest BCUT2D eigenvalue weighted by atomic mass is 10.2. The third-order valence-corrected chi connectivity index (χ3v) is 5.28. The fraction of sp³-hybridized carbons (Fsp3) is 0.368. The van der Waals surface area contributed by atoms with E-state index in [2.05, 4.69) is 22.4 Å². The summed E-state index contributed by atoms with van der Waals surface area (Å²) in [6.45, 7) is 2.43. The van der Waals surface area contributed by atoms with Crippen LogP contribution in [-0.4, -0.2) is 36.6 Å². The van der Waals surface area contributed by atoms with Crippen LogP contribution in [0.2, 0.25) is 5.02 Å². The maximum absolute atomic E-state index is 12.6. The Balaban J connectivity index is 1.66. The van der Waals surface area contributed by atoms with Gasteiger partial charge in [-0.15, -0.1) is 11.3 Å². The molecular formula is C19H20ClN3O2S. The Hall–Kier alpha value is -1.91. The van der Waals surface area contributed by atoms with Gasteiger partial charge in [0.15, 0.2) is 0 Å².